The second-order valence-electron chi connectivity index (χ2n) is 7.38. The maximum Gasteiger partial charge on any atom is 0.270 e. The molecule has 26 heavy (non-hydrogen) atoms. The summed E-state index contributed by atoms with van der Waals surface area (Å²) in [5.41, 5.74) is 4.85. The molecular weight excluding hydrogens is 326 g/mol. The number of carbonyl (C=O) groups excluding carboxylic acids is 2. The van der Waals surface area contributed by atoms with Crippen molar-refractivity contribution in [2.24, 2.45) is 0 Å². The number of anilines is 1. The van der Waals surface area contributed by atoms with E-state index < -0.39 is 0 Å². The van der Waals surface area contributed by atoms with E-state index in [1.54, 1.807) is 12.3 Å². The summed E-state index contributed by atoms with van der Waals surface area (Å²) in [6.45, 7) is 4.97. The largest absolute Gasteiger partial charge is 0.364 e. The topological polar surface area (TPSA) is 56.4 Å². The van der Waals surface area contributed by atoms with Crippen LogP contribution < -0.4 is 4.90 Å². The van der Waals surface area contributed by atoms with Crippen LogP contribution in [-0.2, 0) is 6.42 Å². The van der Waals surface area contributed by atoms with E-state index in [4.69, 9.17) is 0 Å². The lowest BCUT2D eigenvalue weighted by Crippen LogP contribution is -2.34. The van der Waals surface area contributed by atoms with Crippen molar-refractivity contribution >= 4 is 17.4 Å². The number of hydrogen-bond acceptors (Lipinski definition) is 3. The number of amides is 1. The van der Waals surface area contributed by atoms with Gasteiger partial charge in [0, 0.05) is 37.1 Å². The first-order valence-corrected chi connectivity index (χ1v) is 9.47. The van der Waals surface area contributed by atoms with Gasteiger partial charge in [0.1, 0.15) is 5.69 Å². The van der Waals surface area contributed by atoms with Crippen molar-refractivity contribution in [1.82, 2.24) is 9.88 Å². The van der Waals surface area contributed by atoms with E-state index in [0.29, 0.717) is 17.8 Å². The Hall–Kier alpha value is -2.56. The Morgan fingerprint density at radius 1 is 1.08 bits per heavy atom. The van der Waals surface area contributed by atoms with Gasteiger partial charge in [-0.2, -0.15) is 0 Å². The molecule has 0 aliphatic carbocycles. The second kappa shape index (κ2) is 6.98. The van der Waals surface area contributed by atoms with Crippen LogP contribution in [0.1, 0.15) is 51.2 Å². The highest BCUT2D eigenvalue weighted by atomic mass is 16.2. The fraction of sp³-hybridized carbons (Fsp3) is 0.429. The van der Waals surface area contributed by atoms with Crippen molar-refractivity contribution in [3.05, 3.63) is 52.8 Å². The van der Waals surface area contributed by atoms with E-state index in [0.717, 1.165) is 45.3 Å². The molecule has 1 N–H and O–H groups in total. The fourth-order valence-corrected chi connectivity index (χ4v) is 4.00. The first-order valence-electron chi connectivity index (χ1n) is 9.47. The predicted molar refractivity (Wildman–Crippen MR) is 102 cm³/mol. The number of nitrogens with zero attached hydrogens (tertiary/aromatic N) is 2. The van der Waals surface area contributed by atoms with Crippen LogP contribution in [0.5, 0.6) is 0 Å². The summed E-state index contributed by atoms with van der Waals surface area (Å²) in [5.74, 6) is 0.0514. The summed E-state index contributed by atoms with van der Waals surface area (Å²) in [6.07, 6.45) is 5.93. The molecule has 2 aliphatic rings. The Morgan fingerprint density at radius 2 is 1.88 bits per heavy atom. The quantitative estimate of drug-likeness (QED) is 0.861. The van der Waals surface area contributed by atoms with Crippen LogP contribution in [0.25, 0.3) is 0 Å². The monoisotopic (exact) mass is 351 g/mol. The Balaban J connectivity index is 1.47. The van der Waals surface area contributed by atoms with Gasteiger partial charge in [-0.25, -0.2) is 0 Å². The molecular formula is C21H25N3O2. The summed E-state index contributed by atoms with van der Waals surface area (Å²) in [4.78, 5) is 32.2. The molecule has 5 heteroatoms. The molecule has 4 rings (SSSR count). The zero-order chi connectivity index (χ0) is 18.1. The lowest BCUT2D eigenvalue weighted by atomic mass is 9.99. The fourth-order valence-electron chi connectivity index (χ4n) is 4.00. The third-order valence-electron chi connectivity index (χ3n) is 5.41. The van der Waals surface area contributed by atoms with Crippen LogP contribution >= 0.6 is 0 Å². The van der Waals surface area contributed by atoms with E-state index in [2.05, 4.69) is 35.0 Å². The van der Waals surface area contributed by atoms with Crippen molar-refractivity contribution in [2.45, 2.75) is 32.6 Å². The van der Waals surface area contributed by atoms with E-state index >= 15 is 0 Å². The first-order chi connectivity index (χ1) is 12.6. The van der Waals surface area contributed by atoms with Crippen LogP contribution in [0, 0.1) is 6.92 Å². The van der Waals surface area contributed by atoms with Crippen LogP contribution in [0.3, 0.4) is 0 Å². The van der Waals surface area contributed by atoms with Gasteiger partial charge in [0.2, 0.25) is 0 Å². The van der Waals surface area contributed by atoms with Gasteiger partial charge in [0.05, 0.1) is 6.54 Å². The number of likely N-dealkylation sites (tertiary alicyclic amines) is 1. The maximum absolute atomic E-state index is 12.8. The highest BCUT2D eigenvalue weighted by Crippen LogP contribution is 2.28. The van der Waals surface area contributed by atoms with E-state index in [9.17, 15) is 9.59 Å². The number of aryl methyl sites for hydroxylation is 2. The minimum absolute atomic E-state index is 0.000318. The molecule has 1 aromatic heterocycles. The van der Waals surface area contributed by atoms with Crippen molar-refractivity contribution in [3.8, 4) is 0 Å². The van der Waals surface area contributed by atoms with Crippen LogP contribution in [0.4, 0.5) is 5.69 Å². The predicted octanol–water partition coefficient (Wildman–Crippen LogP) is 3.19. The van der Waals surface area contributed by atoms with Gasteiger partial charge in [-0.15, -0.1) is 0 Å². The number of rotatable bonds is 4. The molecule has 0 spiro atoms. The Morgan fingerprint density at radius 3 is 2.69 bits per heavy atom. The van der Waals surface area contributed by atoms with E-state index in [-0.39, 0.29) is 11.7 Å². The molecule has 2 aliphatic heterocycles. The van der Waals surface area contributed by atoms with Crippen molar-refractivity contribution < 1.29 is 9.59 Å². The van der Waals surface area contributed by atoms with Gasteiger partial charge in [-0.1, -0.05) is 17.7 Å². The lowest BCUT2D eigenvalue weighted by Gasteiger charge is -2.31. The summed E-state index contributed by atoms with van der Waals surface area (Å²) in [7, 11) is 0. The van der Waals surface area contributed by atoms with Gasteiger partial charge in [0.15, 0.2) is 5.78 Å². The summed E-state index contributed by atoms with van der Waals surface area (Å²) in [6, 6.07) is 8.15. The molecule has 3 heterocycles. The molecule has 1 aromatic carbocycles. The SMILES string of the molecule is Cc1ccc2c(c1)CCCN2CC(=O)c1c[nH]c(C(=O)N2CCCC2)c1. The molecule has 0 saturated carbocycles. The number of nitrogens with one attached hydrogen (secondary N) is 1. The molecule has 1 fully saturated rings. The number of fused-ring (bicyclic) bond motifs is 1. The maximum atomic E-state index is 12.8. The number of ketones is 1. The Labute approximate surface area is 154 Å². The second-order valence-corrected chi connectivity index (χ2v) is 7.38. The lowest BCUT2D eigenvalue weighted by molar-refractivity contribution is 0.0787. The van der Waals surface area contributed by atoms with Crippen LogP contribution in [-0.4, -0.2) is 47.8 Å². The molecule has 136 valence electrons. The van der Waals surface area contributed by atoms with Gasteiger partial charge in [-0.3, -0.25) is 9.59 Å². The molecule has 5 nitrogen and oxygen atoms in total. The number of benzene rings is 1. The van der Waals surface area contributed by atoms with Gasteiger partial charge in [-0.05, 0) is 50.3 Å². The number of Topliss-reactive ketones (excluding diaryl/α,β-unsaturated/α-hetero) is 1. The van der Waals surface area contributed by atoms with Crippen LogP contribution in [0.2, 0.25) is 0 Å². The number of aromatic amines is 1. The van der Waals surface area contributed by atoms with Crippen molar-refractivity contribution in [1.29, 1.82) is 0 Å². The van der Waals surface area contributed by atoms with Crippen LogP contribution in [0.15, 0.2) is 30.5 Å². The van der Waals surface area contributed by atoms with E-state index in [1.165, 1.54) is 16.8 Å². The van der Waals surface area contributed by atoms with E-state index in [1.807, 2.05) is 4.90 Å². The number of H-pyrrole nitrogens is 1. The van der Waals surface area contributed by atoms with Gasteiger partial charge in [0.25, 0.3) is 5.91 Å². The number of hydrogen-bond donors (Lipinski definition) is 1. The average molecular weight is 351 g/mol. The molecule has 1 saturated heterocycles. The standard InChI is InChI=1S/C21H25N3O2/c1-15-6-7-19-16(11-15)5-4-10-24(19)14-20(25)17-12-18(22-13-17)21(26)23-8-2-3-9-23/h6-7,11-13,22H,2-5,8-10,14H2,1H3. The first kappa shape index (κ1) is 16.9. The summed E-state index contributed by atoms with van der Waals surface area (Å²) in [5, 5.41) is 0. The zero-order valence-corrected chi connectivity index (χ0v) is 15.3. The minimum atomic E-state index is 0.000318. The summed E-state index contributed by atoms with van der Waals surface area (Å²) >= 11 is 0. The normalized spacial score (nSPS) is 16.7. The molecule has 0 atom stereocenters. The highest BCUT2D eigenvalue weighted by molar-refractivity contribution is 6.02. The van der Waals surface area contributed by atoms with Crippen molar-refractivity contribution in [3.63, 3.8) is 0 Å². The smallest absolute Gasteiger partial charge is 0.270 e. The average Bonchev–Trinajstić information content (AvgIpc) is 3.33. The highest BCUT2D eigenvalue weighted by Gasteiger charge is 2.23. The molecule has 2 aromatic rings. The molecule has 1 amide bonds. The zero-order valence-electron chi connectivity index (χ0n) is 15.3. The Bertz CT molecular complexity index is 834. The Kier molecular flexibility index (Phi) is 4.53. The van der Waals surface area contributed by atoms with Gasteiger partial charge >= 0.3 is 0 Å². The van der Waals surface area contributed by atoms with Crippen molar-refractivity contribution in [2.75, 3.05) is 31.1 Å². The van der Waals surface area contributed by atoms with Gasteiger partial charge < -0.3 is 14.8 Å². The number of carbonyl (C=O) groups is 2. The number of aromatic nitrogens is 1. The third-order valence-corrected chi connectivity index (χ3v) is 5.41. The minimum Gasteiger partial charge on any atom is -0.364 e. The third kappa shape index (κ3) is 3.26. The molecule has 0 unspecified atom stereocenters. The summed E-state index contributed by atoms with van der Waals surface area (Å²) < 4.78 is 0. The molecule has 0 bridgehead atoms. The molecule has 0 radical (unpaired) electrons.